The van der Waals surface area contributed by atoms with Gasteiger partial charge in [-0.05, 0) is 37.1 Å². The van der Waals surface area contributed by atoms with Crippen LogP contribution in [0.1, 0.15) is 36.0 Å². The van der Waals surface area contributed by atoms with E-state index in [2.05, 4.69) is 5.32 Å². The number of nitrogens with zero attached hydrogens (tertiary/aromatic N) is 1. The van der Waals surface area contributed by atoms with Gasteiger partial charge < -0.3 is 10.1 Å². The summed E-state index contributed by atoms with van der Waals surface area (Å²) in [4.78, 5) is 24.8. The molecule has 1 aliphatic heterocycles. The second-order valence-electron chi connectivity index (χ2n) is 6.87. The third-order valence-corrected chi connectivity index (χ3v) is 6.92. The van der Waals surface area contributed by atoms with Crippen LogP contribution in [-0.4, -0.2) is 44.3 Å². The van der Waals surface area contributed by atoms with Gasteiger partial charge in [0.05, 0.1) is 23.3 Å². The minimum atomic E-state index is -3.68. The molecule has 0 aromatic heterocycles. The summed E-state index contributed by atoms with van der Waals surface area (Å²) >= 11 is 0. The molecular formula is C21H24N2O5S. The van der Waals surface area contributed by atoms with E-state index in [0.29, 0.717) is 18.7 Å². The van der Waals surface area contributed by atoms with Crippen LogP contribution in [0.25, 0.3) is 0 Å². The number of hydrogen-bond donors (Lipinski definition) is 1. The predicted molar refractivity (Wildman–Crippen MR) is 109 cm³/mol. The molecule has 154 valence electrons. The van der Waals surface area contributed by atoms with Gasteiger partial charge in [-0.15, -0.1) is 0 Å². The number of piperidine rings is 1. The Morgan fingerprint density at radius 1 is 1.07 bits per heavy atom. The first kappa shape index (κ1) is 21.0. The van der Waals surface area contributed by atoms with Crippen LogP contribution in [0.15, 0.2) is 59.5 Å². The van der Waals surface area contributed by atoms with Gasteiger partial charge in [-0.2, -0.15) is 4.31 Å². The summed E-state index contributed by atoms with van der Waals surface area (Å²) in [5.41, 5.74) is 0.596. The first-order valence-electron chi connectivity index (χ1n) is 9.47. The van der Waals surface area contributed by atoms with Gasteiger partial charge in [-0.25, -0.2) is 13.2 Å². The summed E-state index contributed by atoms with van der Waals surface area (Å²) in [6.07, 6.45) is 2.24. The van der Waals surface area contributed by atoms with Crippen LogP contribution < -0.4 is 5.32 Å². The lowest BCUT2D eigenvalue weighted by Crippen LogP contribution is -2.45. The monoisotopic (exact) mass is 416 g/mol. The molecule has 1 N–H and O–H groups in total. The van der Waals surface area contributed by atoms with Gasteiger partial charge in [-0.3, -0.25) is 4.79 Å². The van der Waals surface area contributed by atoms with Gasteiger partial charge in [0, 0.05) is 19.0 Å². The van der Waals surface area contributed by atoms with Crippen LogP contribution in [0.5, 0.6) is 0 Å². The number of ether oxygens (including phenoxy) is 1. The Hall–Kier alpha value is -2.71. The molecule has 0 bridgehead atoms. The maximum atomic E-state index is 13.1. The molecule has 7 nitrogen and oxygen atoms in total. The molecule has 1 amide bonds. The van der Waals surface area contributed by atoms with Gasteiger partial charge in [0.25, 0.3) is 0 Å². The zero-order valence-electron chi connectivity index (χ0n) is 16.2. The molecule has 1 aliphatic rings. The molecule has 0 unspecified atom stereocenters. The topological polar surface area (TPSA) is 92.8 Å². The van der Waals surface area contributed by atoms with Crippen LogP contribution in [-0.2, 0) is 19.6 Å². The lowest BCUT2D eigenvalue weighted by molar-refractivity contribution is -0.117. The van der Waals surface area contributed by atoms with E-state index in [4.69, 9.17) is 4.74 Å². The number of nitrogens with one attached hydrogen (secondary N) is 1. The molecule has 2 aromatic carbocycles. The number of sulfonamides is 1. The van der Waals surface area contributed by atoms with Crippen molar-refractivity contribution in [2.45, 2.75) is 36.6 Å². The van der Waals surface area contributed by atoms with E-state index < -0.39 is 22.0 Å². The van der Waals surface area contributed by atoms with E-state index in [1.54, 1.807) is 54.6 Å². The van der Waals surface area contributed by atoms with Gasteiger partial charge >= 0.3 is 5.97 Å². The second-order valence-corrected chi connectivity index (χ2v) is 8.76. The quantitative estimate of drug-likeness (QED) is 0.731. The number of amides is 1. The number of para-hydroxylation sites is 1. The highest BCUT2D eigenvalue weighted by Gasteiger charge is 2.34. The van der Waals surface area contributed by atoms with E-state index >= 15 is 0 Å². The van der Waals surface area contributed by atoms with Crippen LogP contribution in [0.4, 0.5) is 5.69 Å². The summed E-state index contributed by atoms with van der Waals surface area (Å²) in [5.74, 6) is -0.895. The number of methoxy groups -OCH3 is 1. The molecule has 1 heterocycles. The molecule has 29 heavy (non-hydrogen) atoms. The fraction of sp³-hybridized carbons (Fsp3) is 0.333. The minimum absolute atomic E-state index is 0.0154. The lowest BCUT2D eigenvalue weighted by atomic mass is 10.0. The normalized spacial score (nSPS) is 17.5. The highest BCUT2D eigenvalue weighted by molar-refractivity contribution is 7.89. The first-order chi connectivity index (χ1) is 13.9. The molecule has 0 spiro atoms. The third kappa shape index (κ3) is 4.83. The zero-order chi connectivity index (χ0) is 20.9. The van der Waals surface area contributed by atoms with Crippen molar-refractivity contribution in [3.05, 3.63) is 60.2 Å². The highest BCUT2D eigenvalue weighted by atomic mass is 32.2. The molecule has 3 rings (SSSR count). The van der Waals surface area contributed by atoms with E-state index in [9.17, 15) is 18.0 Å². The first-order valence-corrected chi connectivity index (χ1v) is 10.9. The number of esters is 1. The van der Waals surface area contributed by atoms with Crippen molar-refractivity contribution in [3.8, 4) is 0 Å². The Balaban J connectivity index is 1.76. The number of benzene rings is 2. The summed E-state index contributed by atoms with van der Waals surface area (Å²) in [6, 6.07) is 14.4. The van der Waals surface area contributed by atoms with Gasteiger partial charge in [0.2, 0.25) is 15.9 Å². The number of carbonyl (C=O) groups excluding carboxylic acids is 2. The van der Waals surface area contributed by atoms with Crippen molar-refractivity contribution >= 4 is 27.6 Å². The van der Waals surface area contributed by atoms with Gasteiger partial charge in [0.1, 0.15) is 0 Å². The molecule has 1 saturated heterocycles. The van der Waals surface area contributed by atoms with Crippen LogP contribution in [0.3, 0.4) is 0 Å². The summed E-state index contributed by atoms with van der Waals surface area (Å²) in [6.45, 7) is 0.383. The Morgan fingerprint density at radius 2 is 1.76 bits per heavy atom. The Kier molecular flexibility index (Phi) is 6.66. The summed E-state index contributed by atoms with van der Waals surface area (Å²) in [5, 5.41) is 2.72. The van der Waals surface area contributed by atoms with E-state index in [1.807, 2.05) is 0 Å². The number of carbonyl (C=O) groups is 2. The average Bonchev–Trinajstić information content (AvgIpc) is 2.74. The number of rotatable bonds is 6. The number of anilines is 1. The smallest absolute Gasteiger partial charge is 0.339 e. The molecule has 0 radical (unpaired) electrons. The van der Waals surface area contributed by atoms with E-state index in [-0.39, 0.29) is 22.8 Å². The van der Waals surface area contributed by atoms with E-state index in [1.165, 1.54) is 11.4 Å². The molecule has 0 aliphatic carbocycles. The van der Waals surface area contributed by atoms with Gasteiger partial charge in [0.15, 0.2) is 0 Å². The molecule has 0 saturated carbocycles. The Morgan fingerprint density at radius 3 is 2.48 bits per heavy atom. The molecule has 2 aromatic rings. The molecular weight excluding hydrogens is 392 g/mol. The maximum absolute atomic E-state index is 13.1. The van der Waals surface area contributed by atoms with Crippen molar-refractivity contribution < 1.29 is 22.7 Å². The largest absolute Gasteiger partial charge is 0.465 e. The predicted octanol–water partition coefficient (Wildman–Crippen LogP) is 3.05. The standard InChI is InChI=1S/C21H24N2O5S/c1-28-21(25)18-12-5-6-13-19(18)22-20(24)15-16-9-7-8-14-23(16)29(26,27)17-10-3-2-4-11-17/h2-6,10-13,16H,7-9,14-15H2,1H3,(H,22,24)/t16-/m1/s1. The maximum Gasteiger partial charge on any atom is 0.339 e. The van der Waals surface area contributed by atoms with Crippen LogP contribution in [0, 0.1) is 0 Å². The summed E-state index contributed by atoms with van der Waals surface area (Å²) in [7, 11) is -2.40. The van der Waals surface area contributed by atoms with Crippen molar-refractivity contribution in [3.63, 3.8) is 0 Å². The van der Waals surface area contributed by atoms with Crippen molar-refractivity contribution in [2.24, 2.45) is 0 Å². The van der Waals surface area contributed by atoms with Gasteiger partial charge in [-0.1, -0.05) is 36.8 Å². The summed E-state index contributed by atoms with van der Waals surface area (Å²) < 4.78 is 32.3. The molecule has 1 atom stereocenters. The second kappa shape index (κ2) is 9.19. The van der Waals surface area contributed by atoms with E-state index in [0.717, 1.165) is 12.8 Å². The fourth-order valence-electron chi connectivity index (χ4n) is 3.52. The van der Waals surface area contributed by atoms with Crippen LogP contribution >= 0.6 is 0 Å². The molecule has 8 heteroatoms. The fourth-order valence-corrected chi connectivity index (χ4v) is 5.23. The van der Waals surface area contributed by atoms with Crippen LogP contribution in [0.2, 0.25) is 0 Å². The zero-order valence-corrected chi connectivity index (χ0v) is 17.0. The lowest BCUT2D eigenvalue weighted by Gasteiger charge is -2.34. The Labute approximate surface area is 170 Å². The van der Waals surface area contributed by atoms with Crippen molar-refractivity contribution in [1.82, 2.24) is 4.31 Å². The third-order valence-electron chi connectivity index (χ3n) is 4.95. The average molecular weight is 416 g/mol. The Bertz CT molecular complexity index is 976. The SMILES string of the molecule is COC(=O)c1ccccc1NC(=O)C[C@H]1CCCCN1S(=O)(=O)c1ccccc1. The minimum Gasteiger partial charge on any atom is -0.465 e. The van der Waals surface area contributed by atoms with Crippen molar-refractivity contribution in [1.29, 1.82) is 0 Å². The van der Waals surface area contributed by atoms with Crippen molar-refractivity contribution in [2.75, 3.05) is 19.0 Å². The molecule has 1 fully saturated rings. The number of hydrogen-bond acceptors (Lipinski definition) is 5. The highest BCUT2D eigenvalue weighted by Crippen LogP contribution is 2.27.